The lowest BCUT2D eigenvalue weighted by molar-refractivity contribution is 0.105. The molecule has 0 spiro atoms. The van der Waals surface area contributed by atoms with Crippen molar-refractivity contribution in [3.63, 3.8) is 0 Å². The zero-order valence-corrected chi connectivity index (χ0v) is 12.1. The average molecular weight is 254 g/mol. The Hall–Kier alpha value is -0.120. The van der Waals surface area contributed by atoms with Crippen LogP contribution in [0.2, 0.25) is 0 Å². The minimum atomic E-state index is 0.456. The maximum atomic E-state index is 5.59. The Labute approximate surface area is 112 Å². The molecule has 0 saturated carbocycles. The van der Waals surface area contributed by atoms with Crippen LogP contribution in [0.15, 0.2) is 0 Å². The highest BCUT2D eigenvalue weighted by Gasteiger charge is 2.24. The van der Waals surface area contributed by atoms with Gasteiger partial charge in [-0.3, -0.25) is 0 Å². The zero-order valence-electron chi connectivity index (χ0n) is 12.1. The Bertz CT molecular complexity index is 229. The molecule has 3 heteroatoms. The fraction of sp³-hybridized carbons (Fsp3) is 1.00. The van der Waals surface area contributed by atoms with Gasteiger partial charge in [-0.05, 0) is 70.0 Å². The van der Waals surface area contributed by atoms with Gasteiger partial charge in [0, 0.05) is 13.2 Å². The second-order valence-corrected chi connectivity index (χ2v) is 6.20. The molecule has 0 aliphatic carbocycles. The minimum Gasteiger partial charge on any atom is -0.378 e. The number of hydrogen-bond acceptors (Lipinski definition) is 3. The monoisotopic (exact) mass is 254 g/mol. The van der Waals surface area contributed by atoms with E-state index >= 15 is 0 Å². The van der Waals surface area contributed by atoms with Gasteiger partial charge in [0.15, 0.2) is 0 Å². The molecular weight excluding hydrogens is 224 g/mol. The molecule has 4 unspecified atom stereocenters. The lowest BCUT2D eigenvalue weighted by Gasteiger charge is -2.28. The van der Waals surface area contributed by atoms with Crippen LogP contribution in [0.4, 0.5) is 0 Å². The van der Waals surface area contributed by atoms with E-state index in [2.05, 4.69) is 24.5 Å². The van der Waals surface area contributed by atoms with Gasteiger partial charge < -0.3 is 15.4 Å². The largest absolute Gasteiger partial charge is 0.378 e. The Morgan fingerprint density at radius 3 is 2.94 bits per heavy atom. The normalized spacial score (nSPS) is 34.7. The fourth-order valence-electron chi connectivity index (χ4n) is 3.26. The summed E-state index contributed by atoms with van der Waals surface area (Å²) in [5.41, 5.74) is 0. The van der Waals surface area contributed by atoms with E-state index in [0.717, 1.165) is 30.9 Å². The van der Waals surface area contributed by atoms with Crippen LogP contribution in [0.5, 0.6) is 0 Å². The molecule has 2 heterocycles. The van der Waals surface area contributed by atoms with Gasteiger partial charge in [0.05, 0.1) is 6.10 Å². The van der Waals surface area contributed by atoms with E-state index in [9.17, 15) is 0 Å². The van der Waals surface area contributed by atoms with Crippen LogP contribution in [-0.2, 0) is 4.74 Å². The lowest BCUT2D eigenvalue weighted by Crippen LogP contribution is -2.35. The second-order valence-electron chi connectivity index (χ2n) is 6.20. The Morgan fingerprint density at radius 1 is 1.39 bits per heavy atom. The highest BCUT2D eigenvalue weighted by atomic mass is 16.5. The SMILES string of the molecule is CC(CCNCC1CCOC1C)C1CCCNC1. The van der Waals surface area contributed by atoms with Gasteiger partial charge in [-0.15, -0.1) is 0 Å². The van der Waals surface area contributed by atoms with Gasteiger partial charge in [-0.2, -0.15) is 0 Å². The summed E-state index contributed by atoms with van der Waals surface area (Å²) < 4.78 is 5.59. The smallest absolute Gasteiger partial charge is 0.0588 e. The third-order valence-electron chi connectivity index (χ3n) is 4.86. The van der Waals surface area contributed by atoms with Gasteiger partial charge in [0.25, 0.3) is 0 Å². The molecule has 0 bridgehead atoms. The molecule has 0 aromatic carbocycles. The van der Waals surface area contributed by atoms with E-state index < -0.39 is 0 Å². The topological polar surface area (TPSA) is 33.3 Å². The summed E-state index contributed by atoms with van der Waals surface area (Å²) in [6, 6.07) is 0. The molecule has 2 saturated heterocycles. The number of piperidine rings is 1. The van der Waals surface area contributed by atoms with Crippen molar-refractivity contribution in [1.29, 1.82) is 0 Å². The van der Waals surface area contributed by atoms with Crippen molar-refractivity contribution in [1.82, 2.24) is 10.6 Å². The molecule has 0 aromatic heterocycles. The Kier molecular flexibility index (Phi) is 5.93. The summed E-state index contributed by atoms with van der Waals surface area (Å²) in [7, 11) is 0. The molecular formula is C15H30N2O. The molecule has 0 aromatic rings. The van der Waals surface area contributed by atoms with Crippen LogP contribution in [0, 0.1) is 17.8 Å². The van der Waals surface area contributed by atoms with Crippen molar-refractivity contribution in [2.75, 3.05) is 32.8 Å². The first-order valence-corrected chi connectivity index (χ1v) is 7.80. The Morgan fingerprint density at radius 2 is 2.28 bits per heavy atom. The number of rotatable bonds is 6. The van der Waals surface area contributed by atoms with Crippen LogP contribution < -0.4 is 10.6 Å². The van der Waals surface area contributed by atoms with E-state index in [-0.39, 0.29) is 0 Å². The van der Waals surface area contributed by atoms with Crippen molar-refractivity contribution >= 4 is 0 Å². The van der Waals surface area contributed by atoms with Gasteiger partial charge >= 0.3 is 0 Å². The molecule has 18 heavy (non-hydrogen) atoms. The fourth-order valence-corrected chi connectivity index (χ4v) is 3.26. The molecule has 3 nitrogen and oxygen atoms in total. The summed E-state index contributed by atoms with van der Waals surface area (Å²) >= 11 is 0. The molecule has 2 aliphatic rings. The quantitative estimate of drug-likeness (QED) is 0.712. The average Bonchev–Trinajstić information content (AvgIpc) is 2.81. The maximum Gasteiger partial charge on any atom is 0.0588 e. The maximum absolute atomic E-state index is 5.59. The van der Waals surface area contributed by atoms with Crippen molar-refractivity contribution in [2.24, 2.45) is 17.8 Å². The predicted octanol–water partition coefficient (Wildman–Crippen LogP) is 2.03. The van der Waals surface area contributed by atoms with Crippen molar-refractivity contribution in [2.45, 2.75) is 45.6 Å². The van der Waals surface area contributed by atoms with Crippen LogP contribution in [0.1, 0.15) is 39.5 Å². The minimum absolute atomic E-state index is 0.456. The molecule has 2 rings (SSSR count). The lowest BCUT2D eigenvalue weighted by atomic mass is 9.85. The molecule has 0 radical (unpaired) electrons. The van der Waals surface area contributed by atoms with Gasteiger partial charge in [-0.25, -0.2) is 0 Å². The van der Waals surface area contributed by atoms with Crippen LogP contribution in [0.25, 0.3) is 0 Å². The first-order valence-electron chi connectivity index (χ1n) is 7.80. The summed E-state index contributed by atoms with van der Waals surface area (Å²) in [6.07, 6.45) is 5.78. The molecule has 2 aliphatic heterocycles. The van der Waals surface area contributed by atoms with Crippen LogP contribution in [0.3, 0.4) is 0 Å². The van der Waals surface area contributed by atoms with E-state index in [4.69, 9.17) is 4.74 Å². The third-order valence-corrected chi connectivity index (χ3v) is 4.86. The van der Waals surface area contributed by atoms with Crippen molar-refractivity contribution < 1.29 is 4.74 Å². The molecule has 0 amide bonds. The highest BCUT2D eigenvalue weighted by Crippen LogP contribution is 2.22. The van der Waals surface area contributed by atoms with E-state index in [0.29, 0.717) is 6.10 Å². The zero-order chi connectivity index (χ0) is 12.8. The number of nitrogens with one attached hydrogen (secondary N) is 2. The number of ether oxygens (including phenoxy) is 1. The summed E-state index contributed by atoms with van der Waals surface area (Å²) in [6.45, 7) is 10.3. The summed E-state index contributed by atoms with van der Waals surface area (Å²) in [5.74, 6) is 2.48. The van der Waals surface area contributed by atoms with Crippen LogP contribution >= 0.6 is 0 Å². The van der Waals surface area contributed by atoms with E-state index in [1.807, 2.05) is 0 Å². The molecule has 106 valence electrons. The predicted molar refractivity (Wildman–Crippen MR) is 75.8 cm³/mol. The summed E-state index contributed by atoms with van der Waals surface area (Å²) in [4.78, 5) is 0. The van der Waals surface area contributed by atoms with Gasteiger partial charge in [0.2, 0.25) is 0 Å². The third kappa shape index (κ3) is 4.22. The first kappa shape index (κ1) is 14.3. The van der Waals surface area contributed by atoms with E-state index in [1.54, 1.807) is 0 Å². The number of hydrogen-bond donors (Lipinski definition) is 2. The standard InChI is InChI=1S/C15H30N2O/c1-12(14-4-3-7-16-10-14)5-8-17-11-15-6-9-18-13(15)2/h12-17H,3-11H2,1-2H3. The van der Waals surface area contributed by atoms with E-state index in [1.165, 1.54) is 45.3 Å². The van der Waals surface area contributed by atoms with Crippen molar-refractivity contribution in [3.8, 4) is 0 Å². The first-order chi connectivity index (χ1) is 8.77. The van der Waals surface area contributed by atoms with Gasteiger partial charge in [-0.1, -0.05) is 6.92 Å². The van der Waals surface area contributed by atoms with Crippen molar-refractivity contribution in [3.05, 3.63) is 0 Å². The molecule has 4 atom stereocenters. The van der Waals surface area contributed by atoms with Gasteiger partial charge in [0.1, 0.15) is 0 Å². The second kappa shape index (κ2) is 7.46. The Balaban J connectivity index is 1.54. The summed E-state index contributed by atoms with van der Waals surface area (Å²) in [5, 5.41) is 7.15. The molecule has 2 N–H and O–H groups in total. The molecule has 2 fully saturated rings. The highest BCUT2D eigenvalue weighted by molar-refractivity contribution is 4.76. The van der Waals surface area contributed by atoms with Crippen LogP contribution in [-0.4, -0.2) is 38.9 Å².